The molecule has 4 heterocycles. The second kappa shape index (κ2) is 14.0. The number of benzene rings is 7. The quantitative estimate of drug-likeness (QED) is 0.171. The zero-order chi connectivity index (χ0) is 41.5. The second-order valence-corrected chi connectivity index (χ2v) is 17.0. The standard InChI is InChI=1S/C56H34N6S/c1-4-17-35(18-5-1)53-59-54(36-19-6-2-7-20-36)61-55(60-53)40-24-11-10-23-39(40)37-33-45-51(58-34-37)50-44(27-16-32-57-50)56(45)42-26-13-12-25-41(42)49-43(56)30-31-47-52(49)63-48-29-15-14-28-46(48)62(47)38-21-8-3-9-22-38/h1-34H. The van der Waals surface area contributed by atoms with Crippen LogP contribution in [0.2, 0.25) is 0 Å². The summed E-state index contributed by atoms with van der Waals surface area (Å²) in [7, 11) is 0. The normalized spacial score (nSPS) is 15.0. The van der Waals surface area contributed by atoms with Crippen molar-refractivity contribution in [2.75, 3.05) is 4.90 Å². The fourth-order valence-electron chi connectivity index (χ4n) is 9.99. The number of aromatic nitrogens is 5. The highest BCUT2D eigenvalue weighted by atomic mass is 32.2. The third-order valence-electron chi connectivity index (χ3n) is 12.6. The third kappa shape index (κ3) is 5.30. The van der Waals surface area contributed by atoms with Crippen LogP contribution in [0.1, 0.15) is 22.3 Å². The van der Waals surface area contributed by atoms with Gasteiger partial charge in [-0.3, -0.25) is 9.97 Å². The maximum Gasteiger partial charge on any atom is 0.164 e. The molecule has 3 aromatic heterocycles. The van der Waals surface area contributed by atoms with Gasteiger partial charge in [0.25, 0.3) is 0 Å². The molecule has 3 aliphatic rings. The van der Waals surface area contributed by atoms with E-state index in [1.54, 1.807) is 0 Å². The van der Waals surface area contributed by atoms with Crippen LogP contribution in [0.3, 0.4) is 0 Å². The fourth-order valence-corrected chi connectivity index (χ4v) is 11.2. The van der Waals surface area contributed by atoms with E-state index in [-0.39, 0.29) is 0 Å². The molecular formula is C56H34N6S. The molecule has 7 heteroatoms. The lowest BCUT2D eigenvalue weighted by Gasteiger charge is -2.35. The highest BCUT2D eigenvalue weighted by molar-refractivity contribution is 8.00. The summed E-state index contributed by atoms with van der Waals surface area (Å²) in [4.78, 5) is 30.6. The van der Waals surface area contributed by atoms with Gasteiger partial charge in [0.05, 0.1) is 28.2 Å². The molecule has 6 nitrogen and oxygen atoms in total. The van der Waals surface area contributed by atoms with Crippen molar-refractivity contribution in [2.24, 2.45) is 0 Å². The summed E-state index contributed by atoms with van der Waals surface area (Å²) in [5.74, 6) is 1.84. The van der Waals surface area contributed by atoms with E-state index in [4.69, 9.17) is 24.9 Å². The molecule has 1 spiro atoms. The van der Waals surface area contributed by atoms with Crippen molar-refractivity contribution in [3.8, 4) is 67.8 Å². The van der Waals surface area contributed by atoms with Gasteiger partial charge in [0.2, 0.25) is 0 Å². The Morgan fingerprint density at radius 3 is 1.78 bits per heavy atom. The number of fused-ring (bicyclic) bond motifs is 13. The molecule has 294 valence electrons. The smallest absolute Gasteiger partial charge is 0.164 e. The molecule has 2 aliphatic carbocycles. The Balaban J connectivity index is 1.04. The number of anilines is 3. The Morgan fingerprint density at radius 1 is 0.413 bits per heavy atom. The Labute approximate surface area is 368 Å². The maximum atomic E-state index is 5.35. The van der Waals surface area contributed by atoms with Gasteiger partial charge >= 0.3 is 0 Å². The van der Waals surface area contributed by atoms with Gasteiger partial charge in [0, 0.05) is 61.3 Å². The Hall–Kier alpha value is -8.00. The molecule has 0 bridgehead atoms. The van der Waals surface area contributed by atoms with E-state index in [2.05, 4.69) is 138 Å². The van der Waals surface area contributed by atoms with Gasteiger partial charge in [-0.25, -0.2) is 15.0 Å². The molecule has 1 atom stereocenters. The zero-order valence-corrected chi connectivity index (χ0v) is 34.5. The predicted molar refractivity (Wildman–Crippen MR) is 252 cm³/mol. The second-order valence-electron chi connectivity index (χ2n) is 16.0. The van der Waals surface area contributed by atoms with Crippen molar-refractivity contribution < 1.29 is 0 Å². The Morgan fingerprint density at radius 2 is 1.02 bits per heavy atom. The van der Waals surface area contributed by atoms with Crippen LogP contribution in [0.25, 0.3) is 67.8 Å². The monoisotopic (exact) mass is 822 g/mol. The van der Waals surface area contributed by atoms with E-state index < -0.39 is 5.41 Å². The van der Waals surface area contributed by atoms with Crippen LogP contribution in [-0.4, -0.2) is 24.9 Å². The molecule has 0 saturated heterocycles. The lowest BCUT2D eigenvalue weighted by atomic mass is 9.70. The van der Waals surface area contributed by atoms with Crippen molar-refractivity contribution in [1.82, 2.24) is 24.9 Å². The molecule has 0 radical (unpaired) electrons. The van der Waals surface area contributed by atoms with Crippen molar-refractivity contribution in [3.05, 3.63) is 229 Å². The molecule has 0 saturated carbocycles. The molecular weight excluding hydrogens is 789 g/mol. The summed E-state index contributed by atoms with van der Waals surface area (Å²) in [5, 5.41) is 0. The minimum atomic E-state index is -0.666. The minimum Gasteiger partial charge on any atom is -0.308 e. The van der Waals surface area contributed by atoms with Crippen LogP contribution in [0.15, 0.2) is 216 Å². The van der Waals surface area contributed by atoms with Crippen molar-refractivity contribution in [3.63, 3.8) is 0 Å². The third-order valence-corrected chi connectivity index (χ3v) is 13.8. The summed E-state index contributed by atoms with van der Waals surface area (Å²) in [5.41, 5.74) is 16.5. The number of hydrogen-bond acceptors (Lipinski definition) is 7. The molecule has 13 rings (SSSR count). The molecule has 10 aromatic rings. The van der Waals surface area contributed by atoms with E-state index in [0.717, 1.165) is 56.0 Å². The molecule has 1 unspecified atom stereocenters. The van der Waals surface area contributed by atoms with Crippen LogP contribution in [0.5, 0.6) is 0 Å². The first kappa shape index (κ1) is 35.7. The first-order valence-corrected chi connectivity index (χ1v) is 21.9. The molecule has 1 aliphatic heterocycles. The number of hydrogen-bond donors (Lipinski definition) is 0. The van der Waals surface area contributed by atoms with E-state index in [9.17, 15) is 0 Å². The highest BCUT2D eigenvalue weighted by Crippen LogP contribution is 2.66. The van der Waals surface area contributed by atoms with Gasteiger partial charge in [-0.15, -0.1) is 0 Å². The van der Waals surface area contributed by atoms with Gasteiger partial charge in [0.1, 0.15) is 0 Å². The number of nitrogens with zero attached hydrogens (tertiary/aromatic N) is 6. The molecule has 7 aromatic carbocycles. The number of rotatable bonds is 5. The van der Waals surface area contributed by atoms with Gasteiger partial charge in [-0.05, 0) is 70.3 Å². The number of pyridine rings is 2. The SMILES string of the molecule is c1ccc(-c2nc(-c3ccccc3)nc(-c3ccccc3-c3cnc4c(c3)C3(c5ccccc5-c5c3ccc3c5Sc5ccccc5N3c3ccccc3)c3cccnc3-4)n2)cc1. The summed E-state index contributed by atoms with van der Waals surface area (Å²) < 4.78 is 0. The van der Waals surface area contributed by atoms with Crippen LogP contribution < -0.4 is 4.90 Å². The van der Waals surface area contributed by atoms with Gasteiger partial charge in [-0.2, -0.15) is 0 Å². The summed E-state index contributed by atoms with van der Waals surface area (Å²) in [6.45, 7) is 0. The average molecular weight is 823 g/mol. The average Bonchev–Trinajstić information content (AvgIpc) is 3.83. The number of para-hydroxylation sites is 2. The van der Waals surface area contributed by atoms with Crippen LogP contribution in [-0.2, 0) is 5.41 Å². The first-order valence-electron chi connectivity index (χ1n) is 21.1. The van der Waals surface area contributed by atoms with Crippen molar-refractivity contribution in [2.45, 2.75) is 15.2 Å². The highest BCUT2D eigenvalue weighted by Gasteiger charge is 2.54. The lowest BCUT2D eigenvalue weighted by Crippen LogP contribution is -2.26. The van der Waals surface area contributed by atoms with Crippen LogP contribution in [0.4, 0.5) is 17.1 Å². The molecule has 0 fully saturated rings. The van der Waals surface area contributed by atoms with Crippen molar-refractivity contribution >= 4 is 28.8 Å². The van der Waals surface area contributed by atoms with E-state index >= 15 is 0 Å². The van der Waals surface area contributed by atoms with Gasteiger partial charge < -0.3 is 4.90 Å². The summed E-state index contributed by atoms with van der Waals surface area (Å²) in [6, 6.07) is 68.4. The van der Waals surface area contributed by atoms with E-state index in [1.807, 2.05) is 84.8 Å². The largest absolute Gasteiger partial charge is 0.308 e. The van der Waals surface area contributed by atoms with E-state index in [0.29, 0.717) is 17.5 Å². The van der Waals surface area contributed by atoms with Gasteiger partial charge in [-0.1, -0.05) is 163 Å². The molecule has 63 heavy (non-hydrogen) atoms. The lowest BCUT2D eigenvalue weighted by molar-refractivity contribution is 0.788. The zero-order valence-electron chi connectivity index (χ0n) is 33.7. The Bertz CT molecular complexity index is 3390. The maximum absolute atomic E-state index is 5.35. The summed E-state index contributed by atoms with van der Waals surface area (Å²) in [6.07, 6.45) is 3.88. The predicted octanol–water partition coefficient (Wildman–Crippen LogP) is 13.6. The molecule has 0 N–H and O–H groups in total. The fraction of sp³-hybridized carbons (Fsp3) is 0.0179. The van der Waals surface area contributed by atoms with E-state index in [1.165, 1.54) is 43.4 Å². The first-order chi connectivity index (χ1) is 31.3. The van der Waals surface area contributed by atoms with Crippen LogP contribution >= 0.6 is 11.8 Å². The van der Waals surface area contributed by atoms with Gasteiger partial charge in [0.15, 0.2) is 17.5 Å². The Kier molecular flexibility index (Phi) is 7.95. The topological polar surface area (TPSA) is 67.7 Å². The molecule has 0 amide bonds. The van der Waals surface area contributed by atoms with Crippen molar-refractivity contribution in [1.29, 1.82) is 0 Å². The minimum absolute atomic E-state index is 0.599. The summed E-state index contributed by atoms with van der Waals surface area (Å²) >= 11 is 1.86. The van der Waals surface area contributed by atoms with Crippen LogP contribution in [0, 0.1) is 0 Å².